The van der Waals surface area contributed by atoms with Crippen molar-refractivity contribution in [3.8, 4) is 17.1 Å². The average molecular weight is 417 g/mol. The summed E-state index contributed by atoms with van der Waals surface area (Å²) in [6.45, 7) is 7.66. The molecule has 0 unspecified atom stereocenters. The van der Waals surface area contributed by atoms with Crippen molar-refractivity contribution in [2.75, 3.05) is 13.7 Å². The summed E-state index contributed by atoms with van der Waals surface area (Å²) in [6.07, 6.45) is 6.00. The molecule has 1 aliphatic rings. The highest BCUT2D eigenvalue weighted by atomic mass is 32.2. The van der Waals surface area contributed by atoms with Crippen LogP contribution in [0.1, 0.15) is 52.9 Å². The first-order chi connectivity index (χ1) is 14.1. The van der Waals surface area contributed by atoms with E-state index in [1.165, 1.54) is 31.0 Å². The maximum absolute atomic E-state index is 13.2. The summed E-state index contributed by atoms with van der Waals surface area (Å²) in [6, 6.07) is 8.21. The summed E-state index contributed by atoms with van der Waals surface area (Å²) in [5, 5.41) is 9.41. The van der Waals surface area contributed by atoms with Crippen LogP contribution in [0.25, 0.3) is 11.4 Å². The van der Waals surface area contributed by atoms with E-state index in [0.717, 1.165) is 48.2 Å². The summed E-state index contributed by atoms with van der Waals surface area (Å²) >= 11 is 1.51. The van der Waals surface area contributed by atoms with Crippen LogP contribution in [0, 0.1) is 0 Å². The minimum atomic E-state index is -0.185. The number of amides is 1. The van der Waals surface area contributed by atoms with Crippen molar-refractivity contribution in [3.63, 3.8) is 0 Å². The molecule has 0 aliphatic heterocycles. The molecular weight excluding hydrogens is 384 g/mol. The zero-order valence-corrected chi connectivity index (χ0v) is 18.7. The van der Waals surface area contributed by atoms with Gasteiger partial charge in [0.05, 0.1) is 12.4 Å². The highest BCUT2D eigenvalue weighted by Gasteiger charge is 2.29. The molecule has 1 atom stereocenters. The van der Waals surface area contributed by atoms with E-state index >= 15 is 0 Å². The van der Waals surface area contributed by atoms with Gasteiger partial charge >= 0.3 is 0 Å². The number of hydrogen-bond donors (Lipinski definition) is 0. The van der Waals surface area contributed by atoms with Crippen LogP contribution in [0.5, 0.6) is 5.75 Å². The minimum absolute atomic E-state index is 0.185. The van der Waals surface area contributed by atoms with E-state index < -0.39 is 0 Å². The summed E-state index contributed by atoms with van der Waals surface area (Å²) in [5.74, 6) is 1.84. The maximum Gasteiger partial charge on any atom is 0.236 e. The van der Waals surface area contributed by atoms with Crippen molar-refractivity contribution in [3.05, 3.63) is 24.3 Å². The van der Waals surface area contributed by atoms with Gasteiger partial charge in [-0.2, -0.15) is 0 Å². The smallest absolute Gasteiger partial charge is 0.236 e. The third-order valence-electron chi connectivity index (χ3n) is 5.65. The number of hydrogen-bond acceptors (Lipinski definition) is 5. The number of thioether (sulfide) groups is 1. The number of benzene rings is 1. The second-order valence-electron chi connectivity index (χ2n) is 7.46. The molecule has 1 fully saturated rings. The minimum Gasteiger partial charge on any atom is -0.497 e. The Morgan fingerprint density at radius 2 is 1.90 bits per heavy atom. The van der Waals surface area contributed by atoms with E-state index in [2.05, 4.69) is 33.5 Å². The van der Waals surface area contributed by atoms with Gasteiger partial charge in [-0.3, -0.25) is 4.79 Å². The van der Waals surface area contributed by atoms with Crippen molar-refractivity contribution in [1.29, 1.82) is 0 Å². The summed E-state index contributed by atoms with van der Waals surface area (Å²) < 4.78 is 7.32. The van der Waals surface area contributed by atoms with Crippen LogP contribution in [-0.4, -0.2) is 50.5 Å². The van der Waals surface area contributed by atoms with E-state index in [9.17, 15) is 4.79 Å². The largest absolute Gasteiger partial charge is 0.497 e. The number of rotatable bonds is 8. The molecule has 1 heterocycles. The van der Waals surface area contributed by atoms with Crippen molar-refractivity contribution < 1.29 is 9.53 Å². The van der Waals surface area contributed by atoms with Gasteiger partial charge in [0.25, 0.3) is 0 Å². The van der Waals surface area contributed by atoms with Gasteiger partial charge in [-0.15, -0.1) is 10.2 Å². The Balaban J connectivity index is 1.74. The quantitative estimate of drug-likeness (QED) is 0.587. The van der Waals surface area contributed by atoms with Gasteiger partial charge in [0.15, 0.2) is 11.0 Å². The first kappa shape index (κ1) is 21.7. The fourth-order valence-corrected chi connectivity index (χ4v) is 5.03. The number of ether oxygens (including phenoxy) is 1. The van der Waals surface area contributed by atoms with Gasteiger partial charge < -0.3 is 14.2 Å². The Kier molecular flexibility index (Phi) is 7.58. The van der Waals surface area contributed by atoms with E-state index in [-0.39, 0.29) is 11.2 Å². The standard InChI is InChI=1S/C22H32N4O2S/c1-5-25(18-10-8-7-9-11-18)21(27)16(3)29-22-24-23-20(26(22)6-2)17-12-14-19(28-4)15-13-17/h12-16,18H,5-11H2,1-4H3/t16-/m1/s1. The third-order valence-corrected chi connectivity index (χ3v) is 6.72. The molecule has 1 saturated carbocycles. The van der Waals surface area contributed by atoms with Crippen LogP contribution in [0.4, 0.5) is 0 Å². The lowest BCUT2D eigenvalue weighted by atomic mass is 9.94. The van der Waals surface area contributed by atoms with Crippen LogP contribution in [-0.2, 0) is 11.3 Å². The molecule has 0 radical (unpaired) electrons. The highest BCUT2D eigenvalue weighted by molar-refractivity contribution is 8.00. The third kappa shape index (κ3) is 4.94. The molecular formula is C22H32N4O2S. The van der Waals surface area contributed by atoms with Gasteiger partial charge in [0, 0.05) is 24.7 Å². The molecule has 1 aromatic carbocycles. The molecule has 0 saturated heterocycles. The molecule has 7 heteroatoms. The van der Waals surface area contributed by atoms with Gasteiger partial charge in [-0.05, 0) is 57.9 Å². The SMILES string of the molecule is CCN(C(=O)[C@@H](C)Sc1nnc(-c2ccc(OC)cc2)n1CC)C1CCCCC1. The Hall–Kier alpha value is -2.02. The Morgan fingerprint density at radius 1 is 1.21 bits per heavy atom. The average Bonchev–Trinajstić information content (AvgIpc) is 3.17. The molecule has 158 valence electrons. The van der Waals surface area contributed by atoms with Crippen molar-refractivity contribution >= 4 is 17.7 Å². The van der Waals surface area contributed by atoms with Crippen molar-refractivity contribution in [2.45, 2.75) is 75.9 Å². The molecule has 3 rings (SSSR count). The van der Waals surface area contributed by atoms with Gasteiger partial charge in [0.2, 0.25) is 5.91 Å². The van der Waals surface area contributed by atoms with E-state index in [1.807, 2.05) is 31.2 Å². The fourth-order valence-electron chi connectivity index (χ4n) is 4.04. The highest BCUT2D eigenvalue weighted by Crippen LogP contribution is 2.30. The fraction of sp³-hybridized carbons (Fsp3) is 0.591. The number of carbonyl (C=O) groups is 1. The van der Waals surface area contributed by atoms with Gasteiger partial charge in [-0.25, -0.2) is 0 Å². The second kappa shape index (κ2) is 10.1. The summed E-state index contributed by atoms with van der Waals surface area (Å²) in [7, 11) is 1.66. The number of aromatic nitrogens is 3. The topological polar surface area (TPSA) is 60.3 Å². The van der Waals surface area contributed by atoms with Crippen LogP contribution < -0.4 is 4.74 Å². The van der Waals surface area contributed by atoms with E-state index in [0.29, 0.717) is 6.04 Å². The zero-order chi connectivity index (χ0) is 20.8. The second-order valence-corrected chi connectivity index (χ2v) is 8.76. The lowest BCUT2D eigenvalue weighted by molar-refractivity contribution is -0.133. The molecule has 1 aromatic heterocycles. The van der Waals surface area contributed by atoms with Crippen LogP contribution in [0.2, 0.25) is 0 Å². The van der Waals surface area contributed by atoms with Gasteiger partial charge in [0.1, 0.15) is 5.75 Å². The maximum atomic E-state index is 13.2. The zero-order valence-electron chi connectivity index (χ0n) is 17.9. The monoisotopic (exact) mass is 416 g/mol. The lowest BCUT2D eigenvalue weighted by Gasteiger charge is -2.35. The Bertz CT molecular complexity index is 800. The van der Waals surface area contributed by atoms with Gasteiger partial charge in [-0.1, -0.05) is 31.0 Å². The molecule has 1 amide bonds. The predicted molar refractivity (Wildman–Crippen MR) is 117 cm³/mol. The Labute approximate surface area is 178 Å². The first-order valence-electron chi connectivity index (χ1n) is 10.6. The number of carbonyl (C=O) groups excluding carboxylic acids is 1. The lowest BCUT2D eigenvalue weighted by Crippen LogP contribution is -2.44. The van der Waals surface area contributed by atoms with Crippen LogP contribution in [0.3, 0.4) is 0 Å². The molecule has 0 N–H and O–H groups in total. The number of methoxy groups -OCH3 is 1. The van der Waals surface area contributed by atoms with Crippen LogP contribution >= 0.6 is 11.8 Å². The molecule has 29 heavy (non-hydrogen) atoms. The van der Waals surface area contributed by atoms with E-state index in [1.54, 1.807) is 7.11 Å². The molecule has 6 nitrogen and oxygen atoms in total. The molecule has 0 bridgehead atoms. The van der Waals surface area contributed by atoms with Crippen molar-refractivity contribution in [1.82, 2.24) is 19.7 Å². The summed E-state index contributed by atoms with van der Waals surface area (Å²) in [5.41, 5.74) is 0.989. The van der Waals surface area contributed by atoms with Crippen molar-refractivity contribution in [2.24, 2.45) is 0 Å². The normalized spacial score (nSPS) is 15.9. The molecule has 2 aromatic rings. The Morgan fingerprint density at radius 3 is 2.48 bits per heavy atom. The number of nitrogens with zero attached hydrogens (tertiary/aromatic N) is 4. The first-order valence-corrected chi connectivity index (χ1v) is 11.5. The predicted octanol–water partition coefficient (Wildman–Crippen LogP) is 4.64. The molecule has 0 spiro atoms. The van der Waals surface area contributed by atoms with E-state index in [4.69, 9.17) is 4.74 Å². The van der Waals surface area contributed by atoms with Crippen LogP contribution in [0.15, 0.2) is 29.4 Å². The molecule has 1 aliphatic carbocycles. The summed E-state index contributed by atoms with van der Waals surface area (Å²) in [4.78, 5) is 15.2.